The Bertz CT molecular complexity index is 1060. The molecule has 0 aliphatic rings. The van der Waals surface area contributed by atoms with E-state index in [4.69, 9.17) is 4.74 Å². The fourth-order valence-electron chi connectivity index (χ4n) is 4.10. The van der Waals surface area contributed by atoms with Crippen molar-refractivity contribution in [1.82, 2.24) is 9.97 Å². The maximum Gasteiger partial charge on any atom is 0.348 e. The van der Waals surface area contributed by atoms with Crippen LogP contribution in [0.2, 0.25) is 0 Å². The van der Waals surface area contributed by atoms with Crippen LogP contribution in [-0.4, -0.2) is 21.6 Å². The number of ether oxygens (including phenoxy) is 1. The van der Waals surface area contributed by atoms with Crippen LogP contribution in [0.3, 0.4) is 0 Å². The largest absolute Gasteiger partial charge is 0.424 e. The van der Waals surface area contributed by atoms with Crippen LogP contribution in [-0.2, 0) is 11.2 Å². The highest BCUT2D eigenvalue weighted by Gasteiger charge is 2.34. The van der Waals surface area contributed by atoms with E-state index < -0.39 is 11.6 Å². The molecule has 1 atom stereocenters. The number of hydrogen-bond donors (Lipinski definition) is 0. The number of unbranched alkanes of at least 4 members (excludes halogenated alkanes) is 6. The summed E-state index contributed by atoms with van der Waals surface area (Å²) in [6.45, 7) is 5.49. The Morgan fingerprint density at radius 3 is 2.00 bits per heavy atom. The van der Waals surface area contributed by atoms with E-state index in [1.807, 2.05) is 19.1 Å². The molecule has 36 heavy (non-hydrogen) atoms. The number of rotatable bonds is 14. The van der Waals surface area contributed by atoms with Crippen molar-refractivity contribution in [3.8, 4) is 28.3 Å². The third kappa shape index (κ3) is 8.25. The summed E-state index contributed by atoms with van der Waals surface area (Å²) in [5.41, 5.74) is 2.11. The first-order valence-corrected chi connectivity index (χ1v) is 13.4. The number of carbonyl (C=O) groups excluding carboxylic acids is 1. The number of aryl methyl sites for hydroxylation is 1. The molecule has 1 unspecified atom stereocenters. The molecule has 0 N–H and O–H groups in total. The van der Waals surface area contributed by atoms with Crippen LogP contribution >= 0.6 is 0 Å². The maximum absolute atomic E-state index is 14.5. The second kappa shape index (κ2) is 13.9. The molecule has 0 amide bonds. The van der Waals surface area contributed by atoms with Crippen LogP contribution in [0.15, 0.2) is 60.9 Å². The van der Waals surface area contributed by atoms with Crippen LogP contribution in [0.1, 0.15) is 84.1 Å². The Morgan fingerprint density at radius 1 is 0.778 bits per heavy atom. The molecule has 192 valence electrons. The summed E-state index contributed by atoms with van der Waals surface area (Å²) in [6, 6.07) is 15.5. The van der Waals surface area contributed by atoms with Gasteiger partial charge in [0.1, 0.15) is 5.75 Å². The molecule has 3 rings (SSSR count). The van der Waals surface area contributed by atoms with E-state index in [1.165, 1.54) is 51.0 Å². The second-order valence-electron chi connectivity index (χ2n) is 9.72. The SMILES string of the molecule is CCCCCCCCc1ccc(-c2ncc(-c3ccc(OC(=O)C(C)(F)CCCC)cc3)cn2)cc1. The second-order valence-corrected chi connectivity index (χ2v) is 9.72. The molecular weight excluding hydrogens is 451 g/mol. The molecule has 1 heterocycles. The first-order valence-electron chi connectivity index (χ1n) is 13.4. The standard InChI is InChI=1S/C31H39FN2O2/c1-4-6-8-9-10-11-12-24-13-15-26(16-14-24)29-33-22-27(23-34-29)25-17-19-28(20-18-25)36-30(35)31(3,32)21-7-5-2/h13-20,22-23H,4-12,21H2,1-3H3. The molecule has 4 nitrogen and oxygen atoms in total. The predicted octanol–water partition coefficient (Wildman–Crippen LogP) is 8.54. The topological polar surface area (TPSA) is 52.1 Å². The monoisotopic (exact) mass is 490 g/mol. The summed E-state index contributed by atoms with van der Waals surface area (Å²) in [5.74, 6) is 0.154. The lowest BCUT2D eigenvalue weighted by molar-refractivity contribution is -0.147. The summed E-state index contributed by atoms with van der Waals surface area (Å²) in [5, 5.41) is 0. The lowest BCUT2D eigenvalue weighted by Gasteiger charge is -2.18. The Morgan fingerprint density at radius 2 is 1.36 bits per heavy atom. The zero-order valence-electron chi connectivity index (χ0n) is 21.9. The van der Waals surface area contributed by atoms with Crippen LogP contribution in [0.4, 0.5) is 4.39 Å². The van der Waals surface area contributed by atoms with Crippen molar-refractivity contribution in [2.24, 2.45) is 0 Å². The number of carbonyl (C=O) groups is 1. The van der Waals surface area contributed by atoms with E-state index in [9.17, 15) is 9.18 Å². The molecule has 0 aliphatic carbocycles. The number of esters is 1. The summed E-state index contributed by atoms with van der Waals surface area (Å²) < 4.78 is 19.8. The quantitative estimate of drug-likeness (QED) is 0.129. The average Bonchev–Trinajstić information content (AvgIpc) is 2.90. The number of hydrogen-bond acceptors (Lipinski definition) is 4. The minimum Gasteiger partial charge on any atom is -0.424 e. The summed E-state index contributed by atoms with van der Waals surface area (Å²) in [4.78, 5) is 21.3. The summed E-state index contributed by atoms with van der Waals surface area (Å²) >= 11 is 0. The molecule has 0 saturated heterocycles. The number of aromatic nitrogens is 2. The molecule has 2 aromatic carbocycles. The predicted molar refractivity (Wildman–Crippen MR) is 145 cm³/mol. The Balaban J connectivity index is 1.54. The van der Waals surface area contributed by atoms with Gasteiger partial charge in [-0.15, -0.1) is 0 Å². The Kier molecular flexibility index (Phi) is 10.6. The van der Waals surface area contributed by atoms with E-state index in [2.05, 4.69) is 41.2 Å². The van der Waals surface area contributed by atoms with Crippen molar-refractivity contribution in [1.29, 1.82) is 0 Å². The molecule has 0 bridgehead atoms. The van der Waals surface area contributed by atoms with Gasteiger partial charge in [-0.2, -0.15) is 0 Å². The zero-order chi connectivity index (χ0) is 25.8. The van der Waals surface area contributed by atoms with Crippen molar-refractivity contribution < 1.29 is 13.9 Å². The lowest BCUT2D eigenvalue weighted by atomic mass is 10.0. The zero-order valence-corrected chi connectivity index (χ0v) is 21.9. The minimum absolute atomic E-state index is 0.159. The van der Waals surface area contributed by atoms with Gasteiger partial charge in [-0.25, -0.2) is 19.2 Å². The van der Waals surface area contributed by atoms with Gasteiger partial charge in [0, 0.05) is 23.5 Å². The number of nitrogens with zero attached hydrogens (tertiary/aromatic N) is 2. The molecule has 5 heteroatoms. The van der Waals surface area contributed by atoms with Crippen LogP contribution in [0.5, 0.6) is 5.75 Å². The summed E-state index contributed by atoms with van der Waals surface area (Å²) in [6.07, 6.45) is 14.1. The first-order chi connectivity index (χ1) is 17.4. The highest BCUT2D eigenvalue weighted by atomic mass is 19.1. The molecule has 0 aliphatic heterocycles. The van der Waals surface area contributed by atoms with Gasteiger partial charge in [0.2, 0.25) is 5.67 Å². The van der Waals surface area contributed by atoms with Crippen molar-refractivity contribution in [3.63, 3.8) is 0 Å². The molecule has 0 spiro atoms. The molecule has 1 aromatic heterocycles. The molecular formula is C31H39FN2O2. The van der Waals surface area contributed by atoms with Crippen LogP contribution in [0.25, 0.3) is 22.5 Å². The van der Waals surface area contributed by atoms with E-state index in [-0.39, 0.29) is 6.42 Å². The molecule has 0 saturated carbocycles. The third-order valence-electron chi connectivity index (χ3n) is 6.51. The van der Waals surface area contributed by atoms with E-state index in [0.29, 0.717) is 18.0 Å². The van der Waals surface area contributed by atoms with Gasteiger partial charge >= 0.3 is 5.97 Å². The van der Waals surface area contributed by atoms with Gasteiger partial charge in [0.05, 0.1) is 0 Å². The van der Waals surface area contributed by atoms with Gasteiger partial charge in [0.25, 0.3) is 0 Å². The van der Waals surface area contributed by atoms with Gasteiger partial charge in [0.15, 0.2) is 5.82 Å². The van der Waals surface area contributed by atoms with Crippen LogP contribution < -0.4 is 4.74 Å². The normalized spacial score (nSPS) is 12.8. The van der Waals surface area contributed by atoms with Gasteiger partial charge in [-0.05, 0) is 55.9 Å². The van der Waals surface area contributed by atoms with E-state index >= 15 is 0 Å². The minimum atomic E-state index is -1.98. The van der Waals surface area contributed by atoms with Crippen molar-refractivity contribution in [2.75, 3.05) is 0 Å². The van der Waals surface area contributed by atoms with Gasteiger partial charge in [-0.3, -0.25) is 0 Å². The maximum atomic E-state index is 14.5. The first kappa shape index (κ1) is 27.5. The highest BCUT2D eigenvalue weighted by Crippen LogP contribution is 2.26. The van der Waals surface area contributed by atoms with Crippen molar-refractivity contribution >= 4 is 5.97 Å². The van der Waals surface area contributed by atoms with Crippen molar-refractivity contribution in [3.05, 3.63) is 66.5 Å². The Labute approximate surface area is 215 Å². The number of halogens is 1. The fraction of sp³-hybridized carbons (Fsp3) is 0.452. The molecule has 3 aromatic rings. The smallest absolute Gasteiger partial charge is 0.348 e. The summed E-state index contributed by atoms with van der Waals surface area (Å²) in [7, 11) is 0. The van der Waals surface area contributed by atoms with E-state index in [0.717, 1.165) is 29.5 Å². The van der Waals surface area contributed by atoms with Crippen LogP contribution in [0, 0.1) is 0 Å². The highest BCUT2D eigenvalue weighted by molar-refractivity contribution is 5.81. The van der Waals surface area contributed by atoms with Gasteiger partial charge in [-0.1, -0.05) is 88.8 Å². The fourth-order valence-corrected chi connectivity index (χ4v) is 4.10. The molecule has 0 radical (unpaired) electrons. The Hall–Kier alpha value is -3.08. The lowest BCUT2D eigenvalue weighted by Crippen LogP contribution is -2.34. The van der Waals surface area contributed by atoms with Crippen molar-refractivity contribution in [2.45, 2.75) is 90.6 Å². The average molecular weight is 491 g/mol. The number of alkyl halides is 1. The van der Waals surface area contributed by atoms with E-state index in [1.54, 1.807) is 24.5 Å². The molecule has 0 fully saturated rings. The van der Waals surface area contributed by atoms with Gasteiger partial charge < -0.3 is 4.74 Å². The number of benzene rings is 2. The third-order valence-corrected chi connectivity index (χ3v) is 6.51.